The zero-order valence-corrected chi connectivity index (χ0v) is 19.7. The number of halogens is 4. The number of H-pyrrole nitrogens is 1. The van der Waals surface area contributed by atoms with Crippen LogP contribution in [0.1, 0.15) is 35.3 Å². The molecule has 0 atom stereocenters. The van der Waals surface area contributed by atoms with Crippen molar-refractivity contribution in [3.8, 4) is 11.1 Å². The Morgan fingerprint density at radius 3 is 2.43 bits per heavy atom. The standard InChI is InChI=1S/C27H20F4N4O2/c1-26(2)22-18(4-3-5-21(22)35(24(26)37)25-32-12-13-33-25)15-6-11-20(27(29,30)31)19(14-15)23(36)34-17-9-7-16(28)8-10-17/h3-14H,1-2H3,(H,32,33)(H,34,36). The number of fused-ring (bicyclic) bond motifs is 1. The van der Waals surface area contributed by atoms with Gasteiger partial charge in [0.2, 0.25) is 11.9 Å². The van der Waals surface area contributed by atoms with E-state index in [4.69, 9.17) is 0 Å². The van der Waals surface area contributed by atoms with Gasteiger partial charge in [-0.15, -0.1) is 0 Å². The van der Waals surface area contributed by atoms with Gasteiger partial charge in [0.25, 0.3) is 5.91 Å². The molecule has 188 valence electrons. The maximum atomic E-state index is 13.8. The molecular weight excluding hydrogens is 488 g/mol. The number of aromatic nitrogens is 2. The van der Waals surface area contributed by atoms with E-state index in [1.807, 2.05) is 0 Å². The van der Waals surface area contributed by atoms with Crippen LogP contribution < -0.4 is 10.2 Å². The molecule has 0 spiro atoms. The second-order valence-electron chi connectivity index (χ2n) is 9.10. The topological polar surface area (TPSA) is 78.1 Å². The highest BCUT2D eigenvalue weighted by atomic mass is 19.4. The van der Waals surface area contributed by atoms with Crippen molar-refractivity contribution in [1.82, 2.24) is 9.97 Å². The fourth-order valence-corrected chi connectivity index (χ4v) is 4.59. The van der Waals surface area contributed by atoms with Gasteiger partial charge >= 0.3 is 6.18 Å². The van der Waals surface area contributed by atoms with Gasteiger partial charge in [0.1, 0.15) is 5.82 Å². The van der Waals surface area contributed by atoms with Crippen LogP contribution in [0.5, 0.6) is 0 Å². The maximum Gasteiger partial charge on any atom is 0.417 e. The van der Waals surface area contributed by atoms with Crippen molar-refractivity contribution in [2.75, 3.05) is 10.2 Å². The number of aromatic amines is 1. The third-order valence-corrected chi connectivity index (χ3v) is 6.32. The lowest BCUT2D eigenvalue weighted by atomic mass is 9.81. The van der Waals surface area contributed by atoms with Gasteiger partial charge in [-0.1, -0.05) is 18.2 Å². The lowest BCUT2D eigenvalue weighted by Crippen LogP contribution is -2.33. The Balaban J connectivity index is 1.64. The van der Waals surface area contributed by atoms with Crippen molar-refractivity contribution in [3.05, 3.63) is 95.6 Å². The molecule has 4 aromatic rings. The van der Waals surface area contributed by atoms with Crippen molar-refractivity contribution in [2.45, 2.75) is 25.4 Å². The summed E-state index contributed by atoms with van der Waals surface area (Å²) in [6.45, 7) is 3.46. The molecule has 3 aromatic carbocycles. The molecule has 5 rings (SSSR count). The summed E-state index contributed by atoms with van der Waals surface area (Å²) in [6, 6.07) is 13.1. The van der Waals surface area contributed by atoms with Crippen LogP contribution >= 0.6 is 0 Å². The van der Waals surface area contributed by atoms with E-state index in [1.54, 1.807) is 38.2 Å². The minimum absolute atomic E-state index is 0.145. The fourth-order valence-electron chi connectivity index (χ4n) is 4.59. The van der Waals surface area contributed by atoms with Gasteiger partial charge in [-0.2, -0.15) is 13.2 Å². The molecule has 0 fully saturated rings. The number of nitrogens with one attached hydrogen (secondary N) is 2. The van der Waals surface area contributed by atoms with Crippen molar-refractivity contribution >= 4 is 29.1 Å². The van der Waals surface area contributed by atoms with Gasteiger partial charge in [0, 0.05) is 18.1 Å². The predicted molar refractivity (Wildman–Crippen MR) is 130 cm³/mol. The molecule has 0 saturated heterocycles. The van der Waals surface area contributed by atoms with E-state index in [-0.39, 0.29) is 11.6 Å². The Bertz CT molecular complexity index is 1510. The largest absolute Gasteiger partial charge is 0.417 e. The molecule has 37 heavy (non-hydrogen) atoms. The van der Waals surface area contributed by atoms with Gasteiger partial charge in [-0.25, -0.2) is 14.3 Å². The van der Waals surface area contributed by atoms with Crippen molar-refractivity contribution < 1.29 is 27.2 Å². The second kappa shape index (κ2) is 8.58. The third-order valence-electron chi connectivity index (χ3n) is 6.32. The van der Waals surface area contributed by atoms with Crippen LogP contribution in [0, 0.1) is 5.82 Å². The van der Waals surface area contributed by atoms with Crippen molar-refractivity contribution in [1.29, 1.82) is 0 Å². The fraction of sp³-hybridized carbons (Fsp3) is 0.148. The molecule has 1 aromatic heterocycles. The summed E-state index contributed by atoms with van der Waals surface area (Å²) in [7, 11) is 0. The molecule has 1 aliphatic rings. The number of carbonyl (C=O) groups is 2. The van der Waals surface area contributed by atoms with E-state index in [0.29, 0.717) is 28.3 Å². The van der Waals surface area contributed by atoms with Gasteiger partial charge < -0.3 is 10.3 Å². The van der Waals surface area contributed by atoms with E-state index in [9.17, 15) is 27.2 Å². The summed E-state index contributed by atoms with van der Waals surface area (Å²) >= 11 is 0. The molecule has 0 saturated carbocycles. The highest BCUT2D eigenvalue weighted by Crippen LogP contribution is 2.49. The summed E-state index contributed by atoms with van der Waals surface area (Å²) in [5.74, 6) is -1.48. The SMILES string of the molecule is CC1(C)C(=O)N(c2ncc[nH]2)c2cccc(-c3ccc(C(F)(F)F)c(C(=O)Nc4ccc(F)cc4)c3)c21. The lowest BCUT2D eigenvalue weighted by Gasteiger charge is -2.20. The molecule has 0 bridgehead atoms. The quantitative estimate of drug-likeness (QED) is 0.311. The Kier molecular flexibility index (Phi) is 5.62. The Morgan fingerprint density at radius 2 is 1.78 bits per heavy atom. The smallest absolute Gasteiger partial charge is 0.330 e. The first-order chi connectivity index (χ1) is 17.5. The average molecular weight is 508 g/mol. The number of hydrogen-bond acceptors (Lipinski definition) is 3. The number of imidazole rings is 1. The van der Waals surface area contributed by atoms with Crippen LogP contribution in [-0.2, 0) is 16.4 Å². The van der Waals surface area contributed by atoms with Gasteiger partial charge in [-0.3, -0.25) is 9.59 Å². The number of carbonyl (C=O) groups excluding carboxylic acids is 2. The first-order valence-corrected chi connectivity index (χ1v) is 11.2. The van der Waals surface area contributed by atoms with Crippen LogP contribution in [0.2, 0.25) is 0 Å². The van der Waals surface area contributed by atoms with E-state index in [0.717, 1.165) is 24.3 Å². The first-order valence-electron chi connectivity index (χ1n) is 11.2. The van der Waals surface area contributed by atoms with Gasteiger partial charge in [0.05, 0.1) is 22.2 Å². The number of nitrogens with zero attached hydrogens (tertiary/aromatic N) is 2. The summed E-state index contributed by atoms with van der Waals surface area (Å²) in [5.41, 5.74) is -0.622. The molecule has 2 heterocycles. The number of amides is 2. The summed E-state index contributed by atoms with van der Waals surface area (Å²) < 4.78 is 54.8. The molecule has 0 unspecified atom stereocenters. The monoisotopic (exact) mass is 508 g/mol. The molecule has 1 aliphatic heterocycles. The van der Waals surface area contributed by atoms with Crippen molar-refractivity contribution in [2.24, 2.45) is 0 Å². The van der Waals surface area contributed by atoms with Crippen LogP contribution in [0.4, 0.5) is 34.9 Å². The van der Waals surface area contributed by atoms with Crippen molar-refractivity contribution in [3.63, 3.8) is 0 Å². The van der Waals surface area contributed by atoms with E-state index < -0.39 is 34.4 Å². The van der Waals surface area contributed by atoms with E-state index >= 15 is 0 Å². The second-order valence-corrected chi connectivity index (χ2v) is 9.10. The van der Waals surface area contributed by atoms with Crippen LogP contribution in [0.15, 0.2) is 73.1 Å². The zero-order valence-electron chi connectivity index (χ0n) is 19.7. The third kappa shape index (κ3) is 4.14. The maximum absolute atomic E-state index is 13.8. The predicted octanol–water partition coefficient (Wildman–Crippen LogP) is 6.44. The minimum atomic E-state index is -4.79. The zero-order chi connectivity index (χ0) is 26.5. The Labute approximate surface area is 209 Å². The minimum Gasteiger partial charge on any atom is -0.330 e. The normalized spacial score (nSPS) is 14.5. The molecule has 2 N–H and O–H groups in total. The van der Waals surface area contributed by atoms with Crippen LogP contribution in [0.3, 0.4) is 0 Å². The molecule has 2 amide bonds. The lowest BCUT2D eigenvalue weighted by molar-refractivity contribution is -0.137. The molecule has 0 radical (unpaired) electrons. The number of alkyl halides is 3. The van der Waals surface area contributed by atoms with Gasteiger partial charge in [-0.05, 0) is 73.0 Å². The number of anilines is 3. The highest BCUT2D eigenvalue weighted by Gasteiger charge is 2.47. The summed E-state index contributed by atoms with van der Waals surface area (Å²) in [4.78, 5) is 34.9. The average Bonchev–Trinajstić information content (AvgIpc) is 3.45. The Hall–Kier alpha value is -4.47. The Morgan fingerprint density at radius 1 is 1.05 bits per heavy atom. The first kappa shape index (κ1) is 24.2. The van der Waals surface area contributed by atoms with E-state index in [1.165, 1.54) is 29.3 Å². The summed E-state index contributed by atoms with van der Waals surface area (Å²) in [5, 5.41) is 2.40. The summed E-state index contributed by atoms with van der Waals surface area (Å²) in [6.07, 6.45) is -1.70. The number of benzene rings is 3. The van der Waals surface area contributed by atoms with Gasteiger partial charge in [0.15, 0.2) is 0 Å². The number of rotatable bonds is 4. The molecule has 6 nitrogen and oxygen atoms in total. The number of hydrogen-bond donors (Lipinski definition) is 2. The molecule has 10 heteroatoms. The van der Waals surface area contributed by atoms with E-state index in [2.05, 4.69) is 15.3 Å². The molecule has 0 aliphatic carbocycles. The highest BCUT2D eigenvalue weighted by molar-refractivity contribution is 6.13. The van der Waals surface area contributed by atoms with Crippen LogP contribution in [0.25, 0.3) is 11.1 Å². The van der Waals surface area contributed by atoms with Crippen LogP contribution in [-0.4, -0.2) is 21.8 Å². The molecular formula is C27H20F4N4O2.